The number of non-ortho nitro benzene ring substituents is 1. The number of rotatable bonds is 7. The van der Waals surface area contributed by atoms with Crippen LogP contribution in [-0.4, -0.2) is 29.8 Å². The molecule has 0 fully saturated rings. The van der Waals surface area contributed by atoms with Crippen molar-refractivity contribution < 1.29 is 14.5 Å². The topological polar surface area (TPSA) is 101 Å². The minimum absolute atomic E-state index is 0.128. The Kier molecular flexibility index (Phi) is 6.47. The molecule has 0 aromatic heterocycles. The average Bonchev–Trinajstić information content (AvgIpc) is 2.61. The molecule has 8 heteroatoms. The van der Waals surface area contributed by atoms with E-state index >= 15 is 0 Å². The fourth-order valence-electron chi connectivity index (χ4n) is 2.08. The van der Waals surface area contributed by atoms with Crippen molar-refractivity contribution in [3.8, 4) is 0 Å². The van der Waals surface area contributed by atoms with Gasteiger partial charge in [-0.15, -0.1) is 0 Å². The minimum atomic E-state index is -0.583. The van der Waals surface area contributed by atoms with Gasteiger partial charge in [-0.25, -0.2) is 0 Å². The fraction of sp³-hybridized carbons (Fsp3) is 0.176. The van der Waals surface area contributed by atoms with Gasteiger partial charge in [0.25, 0.3) is 11.6 Å². The summed E-state index contributed by atoms with van der Waals surface area (Å²) in [5, 5.41) is 16.5. The Hall–Kier alpha value is -2.93. The molecule has 2 amide bonds. The molecule has 0 saturated heterocycles. The average molecular weight is 362 g/mol. The molecule has 0 bridgehead atoms. The van der Waals surface area contributed by atoms with Gasteiger partial charge in [0.15, 0.2) is 0 Å². The van der Waals surface area contributed by atoms with E-state index in [0.717, 1.165) is 11.6 Å². The summed E-state index contributed by atoms with van der Waals surface area (Å²) >= 11 is 5.80. The monoisotopic (exact) mass is 361 g/mol. The first-order valence-electron chi connectivity index (χ1n) is 7.49. The Bertz CT molecular complexity index is 778. The van der Waals surface area contributed by atoms with Gasteiger partial charge in [0, 0.05) is 29.3 Å². The van der Waals surface area contributed by atoms with Gasteiger partial charge in [-0.1, -0.05) is 29.8 Å². The van der Waals surface area contributed by atoms with Crippen molar-refractivity contribution in [3.05, 3.63) is 74.8 Å². The molecular weight excluding hydrogens is 346 g/mol. The van der Waals surface area contributed by atoms with E-state index in [-0.39, 0.29) is 23.7 Å². The summed E-state index contributed by atoms with van der Waals surface area (Å²) in [5.74, 6) is -0.885. The van der Waals surface area contributed by atoms with Crippen molar-refractivity contribution in [3.63, 3.8) is 0 Å². The third kappa shape index (κ3) is 5.89. The van der Waals surface area contributed by atoms with Crippen molar-refractivity contribution in [2.45, 2.75) is 6.42 Å². The zero-order valence-electron chi connectivity index (χ0n) is 13.2. The van der Waals surface area contributed by atoms with Crippen LogP contribution in [0.4, 0.5) is 5.69 Å². The molecule has 130 valence electrons. The molecular formula is C17H16ClN3O4. The van der Waals surface area contributed by atoms with Crippen LogP contribution in [0.1, 0.15) is 15.9 Å². The van der Waals surface area contributed by atoms with Gasteiger partial charge >= 0.3 is 0 Å². The number of nitro groups is 1. The highest BCUT2D eigenvalue weighted by atomic mass is 35.5. The Morgan fingerprint density at radius 2 is 1.80 bits per heavy atom. The summed E-state index contributed by atoms with van der Waals surface area (Å²) in [6, 6.07) is 12.6. The van der Waals surface area contributed by atoms with Gasteiger partial charge in [-0.05, 0) is 30.2 Å². The molecule has 2 aromatic carbocycles. The fourth-order valence-corrected chi connectivity index (χ4v) is 2.21. The number of halogens is 1. The molecule has 0 aliphatic carbocycles. The minimum Gasteiger partial charge on any atom is -0.354 e. The molecule has 0 radical (unpaired) electrons. The second-order valence-electron chi connectivity index (χ2n) is 5.22. The lowest BCUT2D eigenvalue weighted by atomic mass is 10.1. The van der Waals surface area contributed by atoms with Gasteiger partial charge in [-0.3, -0.25) is 19.7 Å². The van der Waals surface area contributed by atoms with Crippen molar-refractivity contribution in [2.75, 3.05) is 13.1 Å². The maximum absolute atomic E-state index is 11.9. The lowest BCUT2D eigenvalue weighted by Crippen LogP contribution is -2.37. The van der Waals surface area contributed by atoms with Gasteiger partial charge in [0.2, 0.25) is 5.91 Å². The number of carbonyl (C=O) groups excluding carboxylic acids is 2. The van der Waals surface area contributed by atoms with Crippen LogP contribution in [0.25, 0.3) is 0 Å². The molecule has 0 heterocycles. The number of nitrogens with one attached hydrogen (secondary N) is 2. The lowest BCUT2D eigenvalue weighted by molar-refractivity contribution is -0.384. The molecule has 0 unspecified atom stereocenters. The number of hydrogen-bond acceptors (Lipinski definition) is 4. The number of nitrogens with zero attached hydrogens (tertiary/aromatic N) is 1. The van der Waals surface area contributed by atoms with E-state index < -0.39 is 10.8 Å². The van der Waals surface area contributed by atoms with Crippen molar-refractivity contribution >= 4 is 29.1 Å². The highest BCUT2D eigenvalue weighted by Crippen LogP contribution is 2.12. The van der Waals surface area contributed by atoms with Crippen LogP contribution in [0, 0.1) is 10.1 Å². The Balaban J connectivity index is 1.75. The zero-order chi connectivity index (χ0) is 18.2. The highest BCUT2D eigenvalue weighted by molar-refractivity contribution is 6.30. The van der Waals surface area contributed by atoms with Crippen molar-refractivity contribution in [1.82, 2.24) is 10.6 Å². The van der Waals surface area contributed by atoms with Crippen molar-refractivity contribution in [1.29, 1.82) is 0 Å². The first kappa shape index (κ1) is 18.4. The quantitative estimate of drug-likeness (QED) is 0.583. The molecule has 0 aliphatic rings. The van der Waals surface area contributed by atoms with Crippen LogP contribution in [0.5, 0.6) is 0 Å². The molecule has 25 heavy (non-hydrogen) atoms. The van der Waals surface area contributed by atoms with Crippen LogP contribution in [0.2, 0.25) is 5.02 Å². The normalized spacial score (nSPS) is 10.1. The Labute approximate surface area is 149 Å². The number of benzene rings is 2. The summed E-state index contributed by atoms with van der Waals surface area (Å²) in [6.07, 6.45) is 0.641. The maximum Gasteiger partial charge on any atom is 0.270 e. The summed E-state index contributed by atoms with van der Waals surface area (Å²) in [6.45, 7) is 0.218. The first-order chi connectivity index (χ1) is 12.0. The predicted molar refractivity (Wildman–Crippen MR) is 93.6 cm³/mol. The smallest absolute Gasteiger partial charge is 0.270 e. The summed E-state index contributed by atoms with van der Waals surface area (Å²) in [5.41, 5.74) is 0.980. The number of hydrogen-bond donors (Lipinski definition) is 2. The van der Waals surface area contributed by atoms with Crippen molar-refractivity contribution in [2.24, 2.45) is 0 Å². The molecule has 0 saturated carbocycles. The zero-order valence-corrected chi connectivity index (χ0v) is 14.0. The van der Waals surface area contributed by atoms with Crippen LogP contribution in [0.15, 0.2) is 48.5 Å². The molecule has 2 N–H and O–H groups in total. The molecule has 0 atom stereocenters. The summed E-state index contributed by atoms with van der Waals surface area (Å²) in [4.78, 5) is 33.8. The van der Waals surface area contributed by atoms with E-state index in [0.29, 0.717) is 18.0 Å². The second kappa shape index (κ2) is 8.79. The van der Waals surface area contributed by atoms with Crippen LogP contribution in [-0.2, 0) is 11.2 Å². The van der Waals surface area contributed by atoms with E-state index in [1.54, 1.807) is 12.1 Å². The van der Waals surface area contributed by atoms with E-state index in [4.69, 9.17) is 11.6 Å². The van der Waals surface area contributed by atoms with Crippen LogP contribution in [0.3, 0.4) is 0 Å². The standard InChI is InChI=1S/C17H16ClN3O4/c18-14-6-4-12(5-7-14)8-9-19-16(22)11-20-17(23)13-2-1-3-15(10-13)21(24)25/h1-7,10H,8-9,11H2,(H,19,22)(H,20,23). The highest BCUT2D eigenvalue weighted by Gasteiger charge is 2.12. The second-order valence-corrected chi connectivity index (χ2v) is 5.65. The van der Waals surface area contributed by atoms with Gasteiger partial charge in [0.05, 0.1) is 11.5 Å². The van der Waals surface area contributed by atoms with Crippen LogP contribution < -0.4 is 10.6 Å². The predicted octanol–water partition coefficient (Wildman–Crippen LogP) is 2.34. The lowest BCUT2D eigenvalue weighted by Gasteiger charge is -2.07. The third-order valence-corrected chi connectivity index (χ3v) is 3.63. The van der Waals surface area contributed by atoms with Gasteiger partial charge in [-0.2, -0.15) is 0 Å². The molecule has 0 aliphatic heterocycles. The summed E-state index contributed by atoms with van der Waals surface area (Å²) in [7, 11) is 0. The Morgan fingerprint density at radius 3 is 2.48 bits per heavy atom. The molecule has 7 nitrogen and oxygen atoms in total. The van der Waals surface area contributed by atoms with E-state index in [1.807, 2.05) is 12.1 Å². The number of amides is 2. The van der Waals surface area contributed by atoms with Gasteiger partial charge in [0.1, 0.15) is 0 Å². The number of nitro benzene ring substituents is 1. The van der Waals surface area contributed by atoms with E-state index in [9.17, 15) is 19.7 Å². The largest absolute Gasteiger partial charge is 0.354 e. The van der Waals surface area contributed by atoms with Crippen LogP contribution >= 0.6 is 11.6 Å². The third-order valence-electron chi connectivity index (χ3n) is 3.38. The maximum atomic E-state index is 11.9. The van der Waals surface area contributed by atoms with E-state index in [1.165, 1.54) is 18.2 Å². The molecule has 2 rings (SSSR count). The molecule has 0 spiro atoms. The first-order valence-corrected chi connectivity index (χ1v) is 7.87. The van der Waals surface area contributed by atoms with Gasteiger partial charge < -0.3 is 10.6 Å². The SMILES string of the molecule is O=C(CNC(=O)c1cccc([N+](=O)[O-])c1)NCCc1ccc(Cl)cc1. The number of carbonyl (C=O) groups is 2. The molecule has 2 aromatic rings. The summed E-state index contributed by atoms with van der Waals surface area (Å²) < 4.78 is 0. The Morgan fingerprint density at radius 1 is 1.08 bits per heavy atom. The van der Waals surface area contributed by atoms with E-state index in [2.05, 4.69) is 10.6 Å².